The smallest absolute Gasteiger partial charge is 0.185 e. The zero-order valence-electron chi connectivity index (χ0n) is 12.2. The van der Waals surface area contributed by atoms with Crippen molar-refractivity contribution in [3.8, 4) is 17.2 Å². The number of phenolic OH excluding ortho intramolecular Hbond substituents is 2. The Hall–Kier alpha value is -2.56. The molecule has 108 valence electrons. The van der Waals surface area contributed by atoms with Crippen LogP contribution in [-0.2, 0) is 5.41 Å². The molecule has 2 N–H and O–H groups in total. The van der Waals surface area contributed by atoms with Gasteiger partial charge in [0, 0.05) is 0 Å². The molecule has 0 amide bonds. The minimum Gasteiger partial charge on any atom is -0.504 e. The first-order valence-corrected chi connectivity index (χ1v) is 6.75. The topological polar surface area (TPSA) is 71.2 Å². The van der Waals surface area contributed by atoms with Crippen molar-refractivity contribution in [3.05, 3.63) is 42.0 Å². The molecule has 3 aromatic rings. The van der Waals surface area contributed by atoms with Crippen molar-refractivity contribution in [3.63, 3.8) is 0 Å². The molecule has 0 spiro atoms. The van der Waals surface area contributed by atoms with Gasteiger partial charge in [-0.05, 0) is 35.2 Å². The third kappa shape index (κ3) is 2.31. The number of hydrogen-bond donors (Lipinski definition) is 2. The van der Waals surface area contributed by atoms with Crippen LogP contribution in [0.3, 0.4) is 0 Å². The van der Waals surface area contributed by atoms with Crippen molar-refractivity contribution in [2.24, 2.45) is 0 Å². The Morgan fingerprint density at radius 2 is 1.52 bits per heavy atom. The third-order valence-corrected chi connectivity index (χ3v) is 3.44. The Balaban J connectivity index is 2.23. The highest BCUT2D eigenvalue weighted by atomic mass is 16.3. The maximum Gasteiger partial charge on any atom is 0.185 e. The van der Waals surface area contributed by atoms with Crippen LogP contribution < -0.4 is 0 Å². The monoisotopic (exact) mass is 283 g/mol. The second kappa shape index (κ2) is 4.48. The standard InChI is InChI=1S/C16H17N3O2/c1-16(2,3)10-8-13(15(21)14(20)9-10)19-17-11-6-4-5-7-12(11)18-19/h4-9,20-21H,1-3H3. The summed E-state index contributed by atoms with van der Waals surface area (Å²) in [5, 5.41) is 28.8. The highest BCUT2D eigenvalue weighted by Crippen LogP contribution is 2.36. The fourth-order valence-corrected chi connectivity index (χ4v) is 2.16. The van der Waals surface area contributed by atoms with Crippen molar-refractivity contribution in [2.75, 3.05) is 0 Å². The zero-order valence-corrected chi connectivity index (χ0v) is 12.2. The Kier molecular flexibility index (Phi) is 2.86. The summed E-state index contributed by atoms with van der Waals surface area (Å²) in [7, 11) is 0. The summed E-state index contributed by atoms with van der Waals surface area (Å²) >= 11 is 0. The molecule has 3 rings (SSSR count). The number of aromatic nitrogens is 3. The van der Waals surface area contributed by atoms with Gasteiger partial charge in [-0.2, -0.15) is 0 Å². The molecule has 0 saturated carbocycles. The van der Waals surface area contributed by atoms with Crippen molar-refractivity contribution < 1.29 is 10.2 Å². The summed E-state index contributed by atoms with van der Waals surface area (Å²) < 4.78 is 0. The second-order valence-corrected chi connectivity index (χ2v) is 6.09. The Bertz CT molecular complexity index is 783. The summed E-state index contributed by atoms with van der Waals surface area (Å²) in [5.41, 5.74) is 2.58. The number of nitrogens with zero attached hydrogens (tertiary/aromatic N) is 3. The van der Waals surface area contributed by atoms with Crippen LogP contribution in [0.2, 0.25) is 0 Å². The van der Waals surface area contributed by atoms with E-state index in [4.69, 9.17) is 0 Å². The van der Waals surface area contributed by atoms with E-state index in [1.807, 2.05) is 45.0 Å². The average molecular weight is 283 g/mol. The first-order valence-electron chi connectivity index (χ1n) is 6.75. The predicted molar refractivity (Wildman–Crippen MR) is 80.9 cm³/mol. The minimum atomic E-state index is -0.219. The molecule has 5 heteroatoms. The van der Waals surface area contributed by atoms with Gasteiger partial charge in [-0.3, -0.25) is 0 Å². The van der Waals surface area contributed by atoms with E-state index in [9.17, 15) is 10.2 Å². The van der Waals surface area contributed by atoms with E-state index in [1.54, 1.807) is 12.1 Å². The Labute approximate surface area is 122 Å². The first kappa shape index (κ1) is 13.4. The van der Waals surface area contributed by atoms with Crippen LogP contribution in [-0.4, -0.2) is 25.2 Å². The van der Waals surface area contributed by atoms with Crippen LogP contribution in [0.15, 0.2) is 36.4 Å². The lowest BCUT2D eigenvalue weighted by Gasteiger charge is -2.20. The number of benzene rings is 2. The number of fused-ring (bicyclic) bond motifs is 1. The summed E-state index contributed by atoms with van der Waals surface area (Å²) in [4.78, 5) is 1.36. The maximum absolute atomic E-state index is 10.1. The molecule has 0 radical (unpaired) electrons. The molecule has 0 bridgehead atoms. The van der Waals surface area contributed by atoms with Gasteiger partial charge < -0.3 is 10.2 Å². The van der Waals surface area contributed by atoms with Crippen molar-refractivity contribution in [2.45, 2.75) is 26.2 Å². The van der Waals surface area contributed by atoms with Gasteiger partial charge in [-0.25, -0.2) is 0 Å². The van der Waals surface area contributed by atoms with Gasteiger partial charge in [0.25, 0.3) is 0 Å². The minimum absolute atomic E-state index is 0.160. The molecular weight excluding hydrogens is 266 g/mol. The number of hydrogen-bond acceptors (Lipinski definition) is 4. The highest BCUT2D eigenvalue weighted by Gasteiger charge is 2.20. The quantitative estimate of drug-likeness (QED) is 0.673. The van der Waals surface area contributed by atoms with Crippen LogP contribution in [0.1, 0.15) is 26.3 Å². The lowest BCUT2D eigenvalue weighted by atomic mass is 9.86. The first-order chi connectivity index (χ1) is 9.86. The zero-order chi connectivity index (χ0) is 15.2. The summed E-state index contributed by atoms with van der Waals surface area (Å²) in [6, 6.07) is 10.8. The van der Waals surface area contributed by atoms with E-state index >= 15 is 0 Å². The molecule has 5 nitrogen and oxygen atoms in total. The van der Waals surface area contributed by atoms with Gasteiger partial charge >= 0.3 is 0 Å². The molecule has 0 fully saturated rings. The fraction of sp³-hybridized carbons (Fsp3) is 0.250. The van der Waals surface area contributed by atoms with E-state index in [-0.39, 0.29) is 16.9 Å². The summed E-state index contributed by atoms with van der Waals surface area (Å²) in [6.07, 6.45) is 0. The number of rotatable bonds is 1. The molecular formula is C16H17N3O2. The second-order valence-electron chi connectivity index (χ2n) is 6.09. The van der Waals surface area contributed by atoms with Crippen molar-refractivity contribution in [1.29, 1.82) is 0 Å². The predicted octanol–water partition coefficient (Wildman–Crippen LogP) is 3.13. The summed E-state index contributed by atoms with van der Waals surface area (Å²) in [6.45, 7) is 6.11. The van der Waals surface area contributed by atoms with Crippen LogP contribution in [0.25, 0.3) is 16.7 Å². The van der Waals surface area contributed by atoms with E-state index in [0.717, 1.165) is 16.6 Å². The number of aromatic hydroxyl groups is 2. The average Bonchev–Trinajstić information content (AvgIpc) is 2.84. The van der Waals surface area contributed by atoms with E-state index < -0.39 is 0 Å². The van der Waals surface area contributed by atoms with Gasteiger partial charge in [0.05, 0.1) is 0 Å². The lowest BCUT2D eigenvalue weighted by molar-refractivity contribution is 0.397. The third-order valence-electron chi connectivity index (χ3n) is 3.44. The van der Waals surface area contributed by atoms with Crippen LogP contribution in [0.4, 0.5) is 0 Å². The molecule has 0 saturated heterocycles. The Morgan fingerprint density at radius 1 is 0.952 bits per heavy atom. The van der Waals surface area contributed by atoms with Gasteiger partial charge in [0.1, 0.15) is 16.7 Å². The molecule has 0 aliphatic carbocycles. The molecule has 1 aromatic heterocycles. The van der Waals surface area contributed by atoms with Crippen LogP contribution in [0.5, 0.6) is 11.5 Å². The molecule has 0 aliphatic heterocycles. The van der Waals surface area contributed by atoms with Crippen LogP contribution >= 0.6 is 0 Å². The van der Waals surface area contributed by atoms with Gasteiger partial charge in [-0.15, -0.1) is 15.0 Å². The molecule has 0 unspecified atom stereocenters. The van der Waals surface area contributed by atoms with Crippen molar-refractivity contribution in [1.82, 2.24) is 15.0 Å². The van der Waals surface area contributed by atoms with E-state index in [2.05, 4.69) is 10.2 Å². The fourth-order valence-electron chi connectivity index (χ4n) is 2.16. The van der Waals surface area contributed by atoms with Crippen molar-refractivity contribution >= 4 is 11.0 Å². The van der Waals surface area contributed by atoms with E-state index in [0.29, 0.717) is 5.69 Å². The maximum atomic E-state index is 10.1. The molecule has 21 heavy (non-hydrogen) atoms. The molecule has 1 heterocycles. The normalized spacial score (nSPS) is 12.0. The molecule has 0 atom stereocenters. The summed E-state index contributed by atoms with van der Waals surface area (Å²) in [5.74, 6) is -0.387. The molecule has 0 aliphatic rings. The van der Waals surface area contributed by atoms with Gasteiger partial charge in [0.15, 0.2) is 11.5 Å². The number of phenols is 2. The SMILES string of the molecule is CC(C)(C)c1cc(O)c(O)c(-n2nc3ccccc3n2)c1. The largest absolute Gasteiger partial charge is 0.504 e. The van der Waals surface area contributed by atoms with E-state index in [1.165, 1.54) is 4.80 Å². The lowest BCUT2D eigenvalue weighted by Crippen LogP contribution is -2.12. The Morgan fingerprint density at radius 3 is 2.05 bits per heavy atom. The van der Waals surface area contributed by atoms with Gasteiger partial charge in [0.2, 0.25) is 0 Å². The highest BCUT2D eigenvalue weighted by molar-refractivity contribution is 5.74. The molecule has 2 aromatic carbocycles. The van der Waals surface area contributed by atoms with Gasteiger partial charge in [-0.1, -0.05) is 32.9 Å². The van der Waals surface area contributed by atoms with Crippen LogP contribution in [0, 0.1) is 0 Å².